The molecule has 0 aliphatic heterocycles. The van der Waals surface area contributed by atoms with Gasteiger partial charge < -0.3 is 11.1 Å². The fourth-order valence-corrected chi connectivity index (χ4v) is 2.49. The molecule has 1 unspecified atom stereocenters. The van der Waals surface area contributed by atoms with Gasteiger partial charge in [-0.3, -0.25) is 9.78 Å². The predicted molar refractivity (Wildman–Crippen MR) is 79.4 cm³/mol. The molecule has 1 heterocycles. The Balaban J connectivity index is 0.00000180. The second-order valence-electron chi connectivity index (χ2n) is 5.17. The Morgan fingerprint density at radius 1 is 1.47 bits per heavy atom. The van der Waals surface area contributed by atoms with Crippen LogP contribution < -0.4 is 11.1 Å². The smallest absolute Gasteiger partial charge is 0.241 e. The lowest BCUT2D eigenvalue weighted by atomic mass is 9.98. The summed E-state index contributed by atoms with van der Waals surface area (Å²) in [7, 11) is 0. The molecular formula is C14H22ClN3O. The number of carbonyl (C=O) groups is 1. The molecule has 5 heteroatoms. The van der Waals surface area contributed by atoms with Crippen LogP contribution in [-0.4, -0.2) is 16.9 Å². The first-order chi connectivity index (χ1) is 8.65. The second kappa shape index (κ2) is 7.46. The number of nitrogens with two attached hydrogens (primary N) is 1. The minimum atomic E-state index is -0.408. The normalized spacial score (nSPS) is 16.7. The molecular weight excluding hydrogens is 262 g/mol. The van der Waals surface area contributed by atoms with Crippen LogP contribution in [-0.2, 0) is 4.79 Å². The van der Waals surface area contributed by atoms with Crippen molar-refractivity contribution in [3.05, 3.63) is 24.0 Å². The van der Waals surface area contributed by atoms with Gasteiger partial charge in [0.05, 0.1) is 17.9 Å². The fourth-order valence-electron chi connectivity index (χ4n) is 2.49. The molecule has 1 aromatic heterocycles. The summed E-state index contributed by atoms with van der Waals surface area (Å²) in [5.74, 6) is 0.523. The van der Waals surface area contributed by atoms with E-state index in [0.717, 1.165) is 12.1 Å². The largest absolute Gasteiger partial charge is 0.323 e. The average molecular weight is 284 g/mol. The van der Waals surface area contributed by atoms with Crippen LogP contribution >= 0.6 is 12.4 Å². The van der Waals surface area contributed by atoms with Crippen molar-refractivity contribution in [2.75, 3.05) is 5.32 Å². The van der Waals surface area contributed by atoms with Crippen LogP contribution in [0.5, 0.6) is 0 Å². The quantitative estimate of drug-likeness (QED) is 0.893. The minimum absolute atomic E-state index is 0. The van der Waals surface area contributed by atoms with E-state index in [4.69, 9.17) is 5.73 Å². The standard InChI is InChI=1S/C14H21N3O.ClH/c1-10-6-7-12(9-16-10)17-14(18)13(15)8-11-4-2-3-5-11;/h6-7,9,11,13H,2-5,8,15H2,1H3,(H,17,18);1H. The maximum atomic E-state index is 11.9. The molecule has 1 aliphatic rings. The molecule has 0 saturated heterocycles. The zero-order valence-electron chi connectivity index (χ0n) is 11.3. The number of rotatable bonds is 4. The number of halogens is 1. The second-order valence-corrected chi connectivity index (χ2v) is 5.17. The fraction of sp³-hybridized carbons (Fsp3) is 0.571. The summed E-state index contributed by atoms with van der Waals surface area (Å²) in [4.78, 5) is 16.1. The Morgan fingerprint density at radius 2 is 2.16 bits per heavy atom. The Kier molecular flexibility index (Phi) is 6.25. The van der Waals surface area contributed by atoms with Gasteiger partial charge in [0.1, 0.15) is 0 Å². The number of amides is 1. The number of hydrogen-bond acceptors (Lipinski definition) is 3. The zero-order chi connectivity index (χ0) is 13.0. The molecule has 19 heavy (non-hydrogen) atoms. The first kappa shape index (κ1) is 15.9. The first-order valence-corrected chi connectivity index (χ1v) is 6.64. The summed E-state index contributed by atoms with van der Waals surface area (Å²) in [6.07, 6.45) is 7.45. The highest BCUT2D eigenvalue weighted by molar-refractivity contribution is 5.94. The van der Waals surface area contributed by atoms with E-state index in [0.29, 0.717) is 11.6 Å². The van der Waals surface area contributed by atoms with Crippen LogP contribution in [0.4, 0.5) is 5.69 Å². The monoisotopic (exact) mass is 283 g/mol. The highest BCUT2D eigenvalue weighted by Gasteiger charge is 2.22. The van der Waals surface area contributed by atoms with Crippen LogP contribution in [0.15, 0.2) is 18.3 Å². The van der Waals surface area contributed by atoms with Gasteiger partial charge in [0.2, 0.25) is 5.91 Å². The lowest BCUT2D eigenvalue weighted by molar-refractivity contribution is -0.117. The number of aromatic nitrogens is 1. The van der Waals surface area contributed by atoms with Crippen molar-refractivity contribution in [1.29, 1.82) is 0 Å². The van der Waals surface area contributed by atoms with E-state index in [1.807, 2.05) is 19.1 Å². The molecule has 1 aliphatic carbocycles. The number of carbonyl (C=O) groups excluding carboxylic acids is 1. The van der Waals surface area contributed by atoms with Crippen LogP contribution in [0.3, 0.4) is 0 Å². The van der Waals surface area contributed by atoms with E-state index >= 15 is 0 Å². The maximum Gasteiger partial charge on any atom is 0.241 e. The Bertz CT molecular complexity index is 402. The summed E-state index contributed by atoms with van der Waals surface area (Å²) in [5, 5.41) is 2.82. The van der Waals surface area contributed by atoms with Crippen molar-refractivity contribution >= 4 is 24.0 Å². The average Bonchev–Trinajstić information content (AvgIpc) is 2.85. The molecule has 1 fully saturated rings. The lowest BCUT2D eigenvalue weighted by Crippen LogP contribution is -2.37. The van der Waals surface area contributed by atoms with E-state index in [9.17, 15) is 4.79 Å². The van der Waals surface area contributed by atoms with Gasteiger partial charge in [-0.15, -0.1) is 12.4 Å². The van der Waals surface area contributed by atoms with Crippen molar-refractivity contribution in [3.8, 4) is 0 Å². The third-order valence-corrected chi connectivity index (χ3v) is 3.58. The summed E-state index contributed by atoms with van der Waals surface area (Å²) in [6.45, 7) is 1.91. The Morgan fingerprint density at radius 3 is 2.74 bits per heavy atom. The van der Waals surface area contributed by atoms with Crippen molar-refractivity contribution in [2.24, 2.45) is 11.7 Å². The summed E-state index contributed by atoms with van der Waals surface area (Å²) in [5.41, 5.74) is 7.59. The van der Waals surface area contributed by atoms with Crippen LogP contribution in [0.25, 0.3) is 0 Å². The molecule has 2 rings (SSSR count). The number of nitrogens with one attached hydrogen (secondary N) is 1. The number of nitrogens with zero attached hydrogens (tertiary/aromatic N) is 1. The molecule has 3 N–H and O–H groups in total. The Hall–Kier alpha value is -1.13. The molecule has 0 aromatic carbocycles. The molecule has 106 valence electrons. The van der Waals surface area contributed by atoms with Gasteiger partial charge in [0.25, 0.3) is 0 Å². The molecule has 0 bridgehead atoms. The highest BCUT2D eigenvalue weighted by Crippen LogP contribution is 2.28. The number of anilines is 1. The van der Waals surface area contributed by atoms with Crippen molar-refractivity contribution in [2.45, 2.75) is 45.1 Å². The highest BCUT2D eigenvalue weighted by atomic mass is 35.5. The van der Waals surface area contributed by atoms with Gasteiger partial charge in [-0.2, -0.15) is 0 Å². The van der Waals surface area contributed by atoms with Crippen LogP contribution in [0.2, 0.25) is 0 Å². The van der Waals surface area contributed by atoms with E-state index in [1.54, 1.807) is 6.20 Å². The van der Waals surface area contributed by atoms with Gasteiger partial charge >= 0.3 is 0 Å². The van der Waals surface area contributed by atoms with Crippen molar-refractivity contribution in [1.82, 2.24) is 4.98 Å². The number of pyridine rings is 1. The topological polar surface area (TPSA) is 68.0 Å². The minimum Gasteiger partial charge on any atom is -0.323 e. The summed E-state index contributed by atoms with van der Waals surface area (Å²) in [6, 6.07) is 3.31. The Labute approximate surface area is 120 Å². The number of aryl methyl sites for hydroxylation is 1. The van der Waals surface area contributed by atoms with Crippen LogP contribution in [0.1, 0.15) is 37.8 Å². The molecule has 1 atom stereocenters. The van der Waals surface area contributed by atoms with Crippen molar-refractivity contribution < 1.29 is 4.79 Å². The van der Waals surface area contributed by atoms with Gasteiger partial charge in [-0.05, 0) is 31.4 Å². The van der Waals surface area contributed by atoms with Crippen molar-refractivity contribution in [3.63, 3.8) is 0 Å². The van der Waals surface area contributed by atoms with Gasteiger partial charge in [-0.25, -0.2) is 0 Å². The molecule has 1 aromatic rings. The lowest BCUT2D eigenvalue weighted by Gasteiger charge is -2.16. The van der Waals surface area contributed by atoms with E-state index in [2.05, 4.69) is 10.3 Å². The number of hydrogen-bond donors (Lipinski definition) is 2. The summed E-state index contributed by atoms with van der Waals surface area (Å²) >= 11 is 0. The molecule has 0 spiro atoms. The van der Waals surface area contributed by atoms with E-state index < -0.39 is 6.04 Å². The molecule has 1 saturated carbocycles. The summed E-state index contributed by atoms with van der Waals surface area (Å²) < 4.78 is 0. The molecule has 4 nitrogen and oxygen atoms in total. The predicted octanol–water partition coefficient (Wildman–Crippen LogP) is 2.66. The van der Waals surface area contributed by atoms with Gasteiger partial charge in [0.15, 0.2) is 0 Å². The van der Waals surface area contributed by atoms with Crippen LogP contribution in [0, 0.1) is 12.8 Å². The molecule has 1 amide bonds. The van der Waals surface area contributed by atoms with Gasteiger partial charge in [0, 0.05) is 5.69 Å². The van der Waals surface area contributed by atoms with E-state index in [-0.39, 0.29) is 18.3 Å². The van der Waals surface area contributed by atoms with E-state index in [1.165, 1.54) is 25.7 Å². The zero-order valence-corrected chi connectivity index (χ0v) is 12.1. The van der Waals surface area contributed by atoms with Gasteiger partial charge in [-0.1, -0.05) is 25.7 Å². The first-order valence-electron chi connectivity index (χ1n) is 6.64. The third kappa shape index (κ3) is 4.80. The molecule has 0 radical (unpaired) electrons. The maximum absolute atomic E-state index is 11.9. The third-order valence-electron chi connectivity index (χ3n) is 3.58. The SMILES string of the molecule is Cc1ccc(NC(=O)C(N)CC2CCCC2)cn1.Cl.